The maximum atomic E-state index is 12.4. The topological polar surface area (TPSA) is 171 Å². The third kappa shape index (κ3) is 29.9. The largest absolute Gasteiger partial charge is 0.462 e. The SMILES string of the molecule is C.C.C.C.CCCC(=O)OCOC(=O)CCN1CCC(CCCC2CCN(CCC(=O)OCCOC(=O)CCN3CCC(CCCC4CCN(CCC(=O)OCOC(=O)CCC)CC4)CC3)CC2)CC1. The lowest BCUT2D eigenvalue weighted by Gasteiger charge is -2.33. The van der Waals surface area contributed by atoms with Crippen molar-refractivity contribution in [1.29, 1.82) is 0 Å². The first-order valence-electron chi connectivity index (χ1n) is 25.9. The summed E-state index contributed by atoms with van der Waals surface area (Å²) >= 11 is 0. The summed E-state index contributed by atoms with van der Waals surface area (Å²) in [5.41, 5.74) is 0. The first kappa shape index (κ1) is 66.7. The summed E-state index contributed by atoms with van der Waals surface area (Å²) in [6, 6.07) is 0. The van der Waals surface area contributed by atoms with Crippen LogP contribution in [0.1, 0.15) is 185 Å². The van der Waals surface area contributed by atoms with E-state index in [0.29, 0.717) is 77.5 Å². The maximum Gasteiger partial charge on any atom is 0.309 e. The van der Waals surface area contributed by atoms with Gasteiger partial charge in [-0.1, -0.05) is 82.1 Å². The van der Waals surface area contributed by atoms with Crippen LogP contribution >= 0.6 is 0 Å². The molecule has 0 saturated carbocycles. The fourth-order valence-electron chi connectivity index (χ4n) is 9.86. The molecule has 70 heavy (non-hydrogen) atoms. The Kier molecular flexibility index (Phi) is 38.3. The van der Waals surface area contributed by atoms with Gasteiger partial charge in [-0.3, -0.25) is 28.8 Å². The Morgan fingerprint density at radius 2 is 0.557 bits per heavy atom. The molecule has 0 aliphatic carbocycles. The molecule has 4 aliphatic heterocycles. The van der Waals surface area contributed by atoms with Crippen molar-refractivity contribution in [2.75, 3.05) is 105 Å². The average molecular weight is 999 g/mol. The molecule has 4 aliphatic rings. The number of carbonyl (C=O) groups is 6. The molecule has 4 rings (SSSR count). The number of likely N-dealkylation sites (tertiary alicyclic amines) is 4. The smallest absolute Gasteiger partial charge is 0.309 e. The molecule has 4 heterocycles. The van der Waals surface area contributed by atoms with Crippen LogP contribution in [0, 0.1) is 23.7 Å². The number of hydrogen-bond donors (Lipinski definition) is 0. The molecule has 4 fully saturated rings. The number of nitrogens with zero attached hydrogens (tertiary/aromatic N) is 4. The molecule has 0 unspecified atom stereocenters. The molecule has 16 nitrogen and oxygen atoms in total. The highest BCUT2D eigenvalue weighted by atomic mass is 16.7. The third-order valence-electron chi connectivity index (χ3n) is 14.2. The van der Waals surface area contributed by atoms with Crippen molar-refractivity contribution in [3.05, 3.63) is 0 Å². The second-order valence-corrected chi connectivity index (χ2v) is 19.2. The standard InChI is InChI=1S/C50H86N4O12.4CH4/c1-3-7-45(55)63-39-65-49(59)23-35-53-29-17-43(18-30-53)11-5-9-41-13-25-51(26-14-41)33-21-47(57)61-37-38-62-48(58)22-34-52-27-15-42(16-28-52)10-6-12-44-19-31-54(32-20-44)36-24-50(60)66-40-64-46(56)8-4-2;;;;/h41-44H,3-40H2,1-2H3;4*1H4. The molecule has 4 saturated heterocycles. The third-order valence-corrected chi connectivity index (χ3v) is 14.2. The van der Waals surface area contributed by atoms with E-state index in [4.69, 9.17) is 28.4 Å². The highest BCUT2D eigenvalue weighted by Gasteiger charge is 2.25. The first-order chi connectivity index (χ1) is 32.1. The van der Waals surface area contributed by atoms with Crippen LogP contribution in [0.3, 0.4) is 0 Å². The summed E-state index contributed by atoms with van der Waals surface area (Å²) in [4.78, 5) is 80.9. The van der Waals surface area contributed by atoms with Crippen LogP contribution in [0.5, 0.6) is 0 Å². The van der Waals surface area contributed by atoms with Gasteiger partial charge in [0.05, 0.1) is 25.7 Å². The summed E-state index contributed by atoms with van der Waals surface area (Å²) in [7, 11) is 0. The summed E-state index contributed by atoms with van der Waals surface area (Å²) in [5.74, 6) is 1.18. The van der Waals surface area contributed by atoms with Crippen LogP contribution in [0.4, 0.5) is 0 Å². The van der Waals surface area contributed by atoms with Gasteiger partial charge in [0.1, 0.15) is 13.2 Å². The Hall–Kier alpha value is -3.34. The molecule has 410 valence electrons. The van der Waals surface area contributed by atoms with Gasteiger partial charge in [-0.25, -0.2) is 0 Å². The van der Waals surface area contributed by atoms with Gasteiger partial charge in [-0.2, -0.15) is 0 Å². The van der Waals surface area contributed by atoms with Gasteiger partial charge in [0.25, 0.3) is 0 Å². The maximum absolute atomic E-state index is 12.4. The first-order valence-corrected chi connectivity index (χ1v) is 25.9. The van der Waals surface area contributed by atoms with E-state index >= 15 is 0 Å². The summed E-state index contributed by atoms with van der Waals surface area (Å²) < 4.78 is 30.6. The number of hydrogen-bond acceptors (Lipinski definition) is 16. The second kappa shape index (κ2) is 40.2. The summed E-state index contributed by atoms with van der Waals surface area (Å²) in [5, 5.41) is 0. The molecular weight excluding hydrogens is 897 g/mol. The van der Waals surface area contributed by atoms with Gasteiger partial charge >= 0.3 is 35.8 Å². The molecule has 0 radical (unpaired) electrons. The molecule has 0 aromatic rings. The Morgan fingerprint density at radius 1 is 0.343 bits per heavy atom. The van der Waals surface area contributed by atoms with E-state index in [1.54, 1.807) is 0 Å². The van der Waals surface area contributed by atoms with Gasteiger partial charge in [0, 0.05) is 39.0 Å². The van der Waals surface area contributed by atoms with E-state index in [-0.39, 0.29) is 92.3 Å². The van der Waals surface area contributed by atoms with Crippen LogP contribution in [0.2, 0.25) is 0 Å². The lowest BCUT2D eigenvalue weighted by molar-refractivity contribution is -0.169. The Balaban J connectivity index is 0.0000119. The zero-order chi connectivity index (χ0) is 47.2. The van der Waals surface area contributed by atoms with Crippen molar-refractivity contribution in [1.82, 2.24) is 19.6 Å². The van der Waals surface area contributed by atoms with Gasteiger partial charge in [-0.05, 0) is 140 Å². The molecule has 16 heteroatoms. The number of piperidine rings is 4. The van der Waals surface area contributed by atoms with E-state index in [0.717, 1.165) is 76.0 Å². The van der Waals surface area contributed by atoms with Crippen molar-refractivity contribution in [2.24, 2.45) is 23.7 Å². The van der Waals surface area contributed by atoms with E-state index in [1.165, 1.54) is 89.9 Å². The van der Waals surface area contributed by atoms with Gasteiger partial charge < -0.3 is 48.0 Å². The molecule has 0 aromatic heterocycles. The Labute approximate surface area is 425 Å². The van der Waals surface area contributed by atoms with Gasteiger partial charge in [-0.15, -0.1) is 0 Å². The fraction of sp³-hybridized carbons (Fsp3) is 0.889. The van der Waals surface area contributed by atoms with Crippen molar-refractivity contribution in [2.45, 2.75) is 185 Å². The van der Waals surface area contributed by atoms with Crippen molar-refractivity contribution < 1.29 is 57.2 Å². The van der Waals surface area contributed by atoms with Crippen molar-refractivity contribution in [3.63, 3.8) is 0 Å². The molecule has 0 atom stereocenters. The fourth-order valence-corrected chi connectivity index (χ4v) is 9.86. The van der Waals surface area contributed by atoms with E-state index in [9.17, 15) is 28.8 Å². The number of ether oxygens (including phenoxy) is 6. The normalized spacial score (nSPS) is 17.9. The van der Waals surface area contributed by atoms with Crippen molar-refractivity contribution >= 4 is 35.8 Å². The quantitative estimate of drug-likeness (QED) is 0.0279. The minimum absolute atomic E-state index is 0. The Bertz CT molecular complexity index is 1300. The van der Waals surface area contributed by atoms with Crippen LogP contribution in [0.25, 0.3) is 0 Å². The van der Waals surface area contributed by atoms with Crippen LogP contribution in [0.15, 0.2) is 0 Å². The Morgan fingerprint density at radius 3 is 0.786 bits per heavy atom. The molecule has 0 aromatic carbocycles. The van der Waals surface area contributed by atoms with E-state index in [2.05, 4.69) is 19.6 Å². The molecule has 0 N–H and O–H groups in total. The molecule has 0 amide bonds. The monoisotopic (exact) mass is 999 g/mol. The zero-order valence-corrected chi connectivity index (χ0v) is 40.9. The molecule has 0 bridgehead atoms. The van der Waals surface area contributed by atoms with Crippen LogP contribution in [-0.4, -0.2) is 161 Å². The van der Waals surface area contributed by atoms with Crippen LogP contribution < -0.4 is 0 Å². The number of esters is 6. The predicted molar refractivity (Wildman–Crippen MR) is 276 cm³/mol. The zero-order valence-electron chi connectivity index (χ0n) is 40.9. The summed E-state index contributed by atoms with van der Waals surface area (Å²) in [6.45, 7) is 14.3. The minimum Gasteiger partial charge on any atom is -0.462 e. The minimum atomic E-state index is -0.339. The highest BCUT2D eigenvalue weighted by molar-refractivity contribution is 5.72. The summed E-state index contributed by atoms with van der Waals surface area (Å²) in [6.07, 6.45) is 20.3. The van der Waals surface area contributed by atoms with Crippen molar-refractivity contribution in [3.8, 4) is 0 Å². The lowest BCUT2D eigenvalue weighted by Crippen LogP contribution is -2.36. The predicted octanol–water partition coefficient (Wildman–Crippen LogP) is 9.05. The number of rotatable bonds is 31. The molecule has 0 spiro atoms. The van der Waals surface area contributed by atoms with Crippen LogP contribution in [-0.2, 0) is 57.2 Å². The van der Waals surface area contributed by atoms with E-state index < -0.39 is 0 Å². The lowest BCUT2D eigenvalue weighted by atomic mass is 9.87. The average Bonchev–Trinajstić information content (AvgIpc) is 3.32. The highest BCUT2D eigenvalue weighted by Crippen LogP contribution is 2.29. The van der Waals surface area contributed by atoms with E-state index in [1.807, 2.05) is 13.8 Å². The number of carbonyl (C=O) groups excluding carboxylic acids is 6. The molecular formula is C54H102N4O12. The van der Waals surface area contributed by atoms with Gasteiger partial charge in [0.15, 0.2) is 0 Å². The van der Waals surface area contributed by atoms with Gasteiger partial charge in [0.2, 0.25) is 13.6 Å². The second-order valence-electron chi connectivity index (χ2n) is 19.2.